The minimum Gasteiger partial charge on any atom is -0.465 e. The Kier molecular flexibility index (Phi) is 7.15. The van der Waals surface area contributed by atoms with Crippen LogP contribution in [0, 0.1) is 5.41 Å². The lowest BCUT2D eigenvalue weighted by Gasteiger charge is -2.31. The summed E-state index contributed by atoms with van der Waals surface area (Å²) in [5.41, 5.74) is -1.23. The van der Waals surface area contributed by atoms with Gasteiger partial charge in [-0.3, -0.25) is 9.59 Å². The first-order valence-electron chi connectivity index (χ1n) is 8.00. The smallest absolute Gasteiger partial charge is 0.323 e. The molecule has 0 saturated carbocycles. The predicted octanol–water partition coefficient (Wildman–Crippen LogP) is 2.86. The summed E-state index contributed by atoms with van der Waals surface area (Å²) in [6.07, 6.45) is 3.41. The van der Waals surface area contributed by atoms with E-state index in [1.807, 2.05) is 13.8 Å². The molecule has 1 fully saturated rings. The van der Waals surface area contributed by atoms with Gasteiger partial charge in [0.05, 0.1) is 25.4 Å². The lowest BCUT2D eigenvalue weighted by molar-refractivity contribution is -0.176. The standard InChI is InChI=1S/C16H28O5/c1-5-10-16(14(17)19-6-2,15(18)20-7-3)11-13-9-8-12(4)21-13/h12-13H,5-11H2,1-4H3. The number of hydrogen-bond donors (Lipinski definition) is 0. The SMILES string of the molecule is CCCC(CC1CCC(C)O1)(C(=O)OCC)C(=O)OCC. The van der Waals surface area contributed by atoms with Crippen LogP contribution >= 0.6 is 0 Å². The molecule has 1 aliphatic rings. The normalized spacial score (nSPS) is 22.1. The number of carbonyl (C=O) groups excluding carboxylic acids is 2. The molecule has 1 heterocycles. The maximum atomic E-state index is 12.5. The fraction of sp³-hybridized carbons (Fsp3) is 0.875. The number of esters is 2. The van der Waals surface area contributed by atoms with Crippen LogP contribution in [0.1, 0.15) is 59.8 Å². The third-order valence-electron chi connectivity index (χ3n) is 3.91. The van der Waals surface area contributed by atoms with Crippen molar-refractivity contribution in [2.75, 3.05) is 13.2 Å². The zero-order valence-corrected chi connectivity index (χ0v) is 13.6. The van der Waals surface area contributed by atoms with E-state index in [2.05, 4.69) is 0 Å². The fourth-order valence-electron chi connectivity index (χ4n) is 2.95. The molecule has 1 rings (SSSR count). The van der Waals surface area contributed by atoms with E-state index in [9.17, 15) is 9.59 Å². The molecule has 5 nitrogen and oxygen atoms in total. The van der Waals surface area contributed by atoms with E-state index < -0.39 is 17.4 Å². The van der Waals surface area contributed by atoms with Crippen LogP contribution in [-0.2, 0) is 23.8 Å². The third-order valence-corrected chi connectivity index (χ3v) is 3.91. The third kappa shape index (κ3) is 4.43. The summed E-state index contributed by atoms with van der Waals surface area (Å²) in [5.74, 6) is -0.957. The molecule has 0 N–H and O–H groups in total. The maximum Gasteiger partial charge on any atom is 0.323 e. The molecule has 0 aromatic rings. The van der Waals surface area contributed by atoms with E-state index in [4.69, 9.17) is 14.2 Å². The number of ether oxygens (including phenoxy) is 3. The molecule has 0 aliphatic carbocycles. The summed E-state index contributed by atoms with van der Waals surface area (Å²) < 4.78 is 16.1. The Morgan fingerprint density at radius 1 is 1.10 bits per heavy atom. The highest BCUT2D eigenvalue weighted by molar-refractivity contribution is 6.00. The highest BCUT2D eigenvalue weighted by atomic mass is 16.6. The van der Waals surface area contributed by atoms with Gasteiger partial charge in [-0.15, -0.1) is 0 Å². The van der Waals surface area contributed by atoms with Crippen LogP contribution in [-0.4, -0.2) is 37.4 Å². The first kappa shape index (κ1) is 18.0. The molecule has 2 atom stereocenters. The monoisotopic (exact) mass is 300 g/mol. The summed E-state index contributed by atoms with van der Waals surface area (Å²) in [6.45, 7) is 7.96. The van der Waals surface area contributed by atoms with Crippen molar-refractivity contribution < 1.29 is 23.8 Å². The van der Waals surface area contributed by atoms with Crippen LogP contribution in [0.5, 0.6) is 0 Å². The van der Waals surface area contributed by atoms with Crippen molar-refractivity contribution >= 4 is 11.9 Å². The first-order valence-corrected chi connectivity index (χ1v) is 8.00. The van der Waals surface area contributed by atoms with E-state index in [1.165, 1.54) is 0 Å². The maximum absolute atomic E-state index is 12.5. The summed E-state index contributed by atoms with van der Waals surface area (Å²) in [7, 11) is 0. The van der Waals surface area contributed by atoms with E-state index in [1.54, 1.807) is 13.8 Å². The van der Waals surface area contributed by atoms with Crippen LogP contribution in [0.4, 0.5) is 0 Å². The van der Waals surface area contributed by atoms with Gasteiger partial charge in [0.1, 0.15) is 0 Å². The Morgan fingerprint density at radius 3 is 2.05 bits per heavy atom. The number of rotatable bonds is 8. The second-order valence-corrected chi connectivity index (χ2v) is 5.62. The second-order valence-electron chi connectivity index (χ2n) is 5.62. The van der Waals surface area contributed by atoms with Gasteiger partial charge >= 0.3 is 11.9 Å². The number of hydrogen-bond acceptors (Lipinski definition) is 5. The van der Waals surface area contributed by atoms with Crippen molar-refractivity contribution in [3.05, 3.63) is 0 Å². The van der Waals surface area contributed by atoms with Gasteiger partial charge in [-0.2, -0.15) is 0 Å². The summed E-state index contributed by atoms with van der Waals surface area (Å²) >= 11 is 0. The minimum absolute atomic E-state index is 0.0830. The van der Waals surface area contributed by atoms with Crippen LogP contribution in [0.3, 0.4) is 0 Å². The average molecular weight is 300 g/mol. The van der Waals surface area contributed by atoms with Crippen molar-refractivity contribution in [3.8, 4) is 0 Å². The Morgan fingerprint density at radius 2 is 1.67 bits per heavy atom. The molecule has 5 heteroatoms. The van der Waals surface area contributed by atoms with E-state index in [-0.39, 0.29) is 25.4 Å². The first-order chi connectivity index (χ1) is 10.00. The van der Waals surface area contributed by atoms with Gasteiger partial charge in [-0.1, -0.05) is 13.3 Å². The van der Waals surface area contributed by atoms with Gasteiger partial charge in [0.25, 0.3) is 0 Å². The lowest BCUT2D eigenvalue weighted by atomic mass is 9.77. The average Bonchev–Trinajstić information content (AvgIpc) is 2.84. The molecular formula is C16H28O5. The van der Waals surface area contributed by atoms with Crippen molar-refractivity contribution in [1.29, 1.82) is 0 Å². The van der Waals surface area contributed by atoms with Gasteiger partial charge in [0.2, 0.25) is 0 Å². The highest BCUT2D eigenvalue weighted by Gasteiger charge is 2.50. The van der Waals surface area contributed by atoms with Crippen LogP contribution in [0.15, 0.2) is 0 Å². The fourth-order valence-corrected chi connectivity index (χ4v) is 2.95. The Labute approximate surface area is 127 Å². The molecule has 122 valence electrons. The van der Waals surface area contributed by atoms with Gasteiger partial charge in [0, 0.05) is 6.42 Å². The van der Waals surface area contributed by atoms with Crippen molar-refractivity contribution in [2.45, 2.75) is 72.0 Å². The molecule has 1 saturated heterocycles. The van der Waals surface area contributed by atoms with Crippen molar-refractivity contribution in [1.82, 2.24) is 0 Å². The Hall–Kier alpha value is -1.10. The molecule has 0 aromatic heterocycles. The summed E-state index contributed by atoms with van der Waals surface area (Å²) in [4.78, 5) is 24.9. The van der Waals surface area contributed by atoms with Crippen molar-refractivity contribution in [3.63, 3.8) is 0 Å². The molecule has 21 heavy (non-hydrogen) atoms. The molecule has 0 radical (unpaired) electrons. The second kappa shape index (κ2) is 8.37. The Balaban J connectivity index is 2.97. The van der Waals surface area contributed by atoms with E-state index in [0.29, 0.717) is 19.3 Å². The molecule has 0 aromatic carbocycles. The zero-order valence-electron chi connectivity index (χ0n) is 13.6. The molecule has 0 spiro atoms. The molecule has 0 bridgehead atoms. The van der Waals surface area contributed by atoms with Crippen molar-refractivity contribution in [2.24, 2.45) is 5.41 Å². The summed E-state index contributed by atoms with van der Waals surface area (Å²) in [5, 5.41) is 0. The number of carbonyl (C=O) groups is 2. The molecular weight excluding hydrogens is 272 g/mol. The molecule has 1 aliphatic heterocycles. The highest BCUT2D eigenvalue weighted by Crippen LogP contribution is 2.37. The van der Waals surface area contributed by atoms with E-state index >= 15 is 0 Å². The lowest BCUT2D eigenvalue weighted by Crippen LogP contribution is -2.44. The van der Waals surface area contributed by atoms with Gasteiger partial charge in [0.15, 0.2) is 5.41 Å². The van der Waals surface area contributed by atoms with Crippen LogP contribution in [0.2, 0.25) is 0 Å². The molecule has 0 amide bonds. The molecule has 2 unspecified atom stereocenters. The minimum atomic E-state index is -1.23. The Bertz CT molecular complexity index is 335. The zero-order chi connectivity index (χ0) is 15.9. The van der Waals surface area contributed by atoms with Crippen LogP contribution < -0.4 is 0 Å². The predicted molar refractivity (Wildman–Crippen MR) is 78.8 cm³/mol. The van der Waals surface area contributed by atoms with Crippen LogP contribution in [0.25, 0.3) is 0 Å². The quantitative estimate of drug-likeness (QED) is 0.509. The van der Waals surface area contributed by atoms with E-state index in [0.717, 1.165) is 12.8 Å². The summed E-state index contributed by atoms with van der Waals surface area (Å²) in [6, 6.07) is 0. The van der Waals surface area contributed by atoms with Gasteiger partial charge in [-0.05, 0) is 40.0 Å². The van der Waals surface area contributed by atoms with Gasteiger partial charge in [-0.25, -0.2) is 0 Å². The topological polar surface area (TPSA) is 61.8 Å². The largest absolute Gasteiger partial charge is 0.465 e. The van der Waals surface area contributed by atoms with Gasteiger partial charge < -0.3 is 14.2 Å².